The first-order valence-corrected chi connectivity index (χ1v) is 53.5. The number of carboxylic acids is 4. The van der Waals surface area contributed by atoms with Crippen LogP contribution >= 0.6 is 21.6 Å². The molecule has 7 rings (SSSR count). The first-order chi connectivity index (χ1) is 71.8. The maximum absolute atomic E-state index is 15.0. The molecule has 4 aliphatic rings. The van der Waals surface area contributed by atoms with Gasteiger partial charge in [0.05, 0.1) is 58.0 Å². The fourth-order valence-electron chi connectivity index (χ4n) is 17.1. The third kappa shape index (κ3) is 48.6. The van der Waals surface area contributed by atoms with E-state index in [1.54, 1.807) is 53.7 Å². The van der Waals surface area contributed by atoms with Gasteiger partial charge in [-0.3, -0.25) is 111 Å². The molecule has 51 heteroatoms. The van der Waals surface area contributed by atoms with Crippen LogP contribution in [0.3, 0.4) is 0 Å². The van der Waals surface area contributed by atoms with Crippen LogP contribution in [-0.4, -0.2) is 353 Å². The van der Waals surface area contributed by atoms with Crippen LogP contribution in [0.25, 0.3) is 10.9 Å². The van der Waals surface area contributed by atoms with E-state index in [2.05, 4.69) is 84.1 Å². The van der Waals surface area contributed by atoms with E-state index < -0.39 is 206 Å². The van der Waals surface area contributed by atoms with Crippen molar-refractivity contribution in [3.8, 4) is 0 Å². The number of ether oxygens (including phenoxy) is 2. The van der Waals surface area contributed by atoms with Gasteiger partial charge in [-0.2, -0.15) is 0 Å². The summed E-state index contributed by atoms with van der Waals surface area (Å²) in [6.07, 6.45) is 19.6. The fourth-order valence-corrected chi connectivity index (χ4v) is 19.4. The Balaban J connectivity index is 0.000000459. The van der Waals surface area contributed by atoms with Crippen LogP contribution < -0.4 is 92.1 Å². The third-order valence-corrected chi connectivity index (χ3v) is 27.3. The Hall–Kier alpha value is -13.2. The van der Waals surface area contributed by atoms with Crippen LogP contribution in [0.2, 0.25) is 0 Å². The standard InChI is InChI=1S/C53H69N13O9S2.C46H82N10O17/c1-31(67)44-18-10-23-65(44)52(75)45-19-11-24-66(45)51(74)43-30-77-76-25-20-39(59-32(2)68)47(70)63-42(28-35-14-8-21-56-35)50(73)61-40(26-33-12-4-3-5-13-33)48(71)60-38(17-9-22-57-53(54)55)46(69)62-41(49(72)64-43)27-34-29-58-37-16-7-6-15-36(34)37;1-49-33(17-12-14-20-47)44(69)54-34(26-40(62)63)45(70)55-35(27-52-37(58)28-56(29-41(64)65)30-42(66)67)46(71)53-32(43(48)68)16-13-15-21-50-38(59)31-73-25-24-72-23-22-51-36(57)18-10-8-6-4-2-3-5-7-9-11-19-39(60)61/h3-7,12-16,21,29,38-45,58H,8-11,17-20,22-28,30H2,1-2H3,(H,59,68)(H,60,71)(H,61,73)(H,62,69)(H,63,70)(H,64,72)(H4,54,55,57);32-35,49H,2-31,47H2,1H3,(H2,48,68)(H,50,59)(H,51,57)(H,52,58)(H,53,71)(H,54,69)(H,55,70)(H,60,61)(H,62,63)(H,64,65)(H,66,67)/t38-,39-,40+,41-,42-,43-,44-,45-;32-,33-,34-,35-/m00/s1. The van der Waals surface area contributed by atoms with E-state index in [0.717, 1.165) is 80.0 Å². The number of likely N-dealkylation sites (tertiary alicyclic amines) is 2. The number of fused-ring (bicyclic) bond motifs is 1. The average molecular weight is 2140 g/mol. The van der Waals surface area contributed by atoms with Gasteiger partial charge >= 0.3 is 23.9 Å². The number of carbonyl (C=O) groups is 20. The number of aromatic amines is 1. The molecule has 4 aliphatic heterocycles. The normalized spacial score (nSPS) is 19.0. The van der Waals surface area contributed by atoms with Gasteiger partial charge in [0.15, 0.2) is 11.7 Å². The molecule has 2 aromatic carbocycles. The quantitative estimate of drug-likeness (QED) is 0.0139. The highest BCUT2D eigenvalue weighted by Crippen LogP contribution is 2.30. The molecule has 15 amide bonds. The van der Waals surface area contributed by atoms with Crippen LogP contribution in [-0.2, 0) is 118 Å². The predicted octanol–water partition coefficient (Wildman–Crippen LogP) is -1.05. The van der Waals surface area contributed by atoms with E-state index in [4.69, 9.17) is 47.7 Å². The second-order valence-corrected chi connectivity index (χ2v) is 39.6. The summed E-state index contributed by atoms with van der Waals surface area (Å²) in [5.41, 5.74) is 25.0. The van der Waals surface area contributed by atoms with Crippen molar-refractivity contribution in [3.05, 3.63) is 83.7 Å². The maximum atomic E-state index is 15.0. The minimum Gasteiger partial charge on any atom is -0.481 e. The monoisotopic (exact) mass is 2140 g/mol. The number of amides is 15. The number of primary amides is 1. The fraction of sp³-hybridized carbons (Fsp3) is 0.616. The minimum absolute atomic E-state index is 0.0264. The zero-order valence-corrected chi connectivity index (χ0v) is 87.1. The molecule has 5 heterocycles. The zero-order chi connectivity index (χ0) is 110. The Bertz CT molecular complexity index is 5030. The zero-order valence-electron chi connectivity index (χ0n) is 85.5. The van der Waals surface area contributed by atoms with Gasteiger partial charge in [0.1, 0.15) is 67.0 Å². The number of rotatable bonds is 62. The number of aromatic nitrogens is 1. The van der Waals surface area contributed by atoms with E-state index >= 15 is 4.79 Å². The Kier molecular flexibility index (Phi) is 58.5. The van der Waals surface area contributed by atoms with Crippen molar-refractivity contribution in [2.24, 2.45) is 32.9 Å². The van der Waals surface area contributed by atoms with Crippen molar-refractivity contribution in [1.29, 1.82) is 0 Å². The number of ketones is 1. The van der Waals surface area contributed by atoms with Gasteiger partial charge in [0.2, 0.25) is 88.6 Å². The molecule has 0 spiro atoms. The van der Waals surface area contributed by atoms with Gasteiger partial charge in [-0.1, -0.05) is 134 Å². The molecule has 3 saturated heterocycles. The topological polar surface area (TPSA) is 751 Å². The summed E-state index contributed by atoms with van der Waals surface area (Å²) in [5, 5.41) is 71.7. The van der Waals surface area contributed by atoms with E-state index in [9.17, 15) is 96.2 Å². The Morgan fingerprint density at radius 3 is 1.73 bits per heavy atom. The van der Waals surface area contributed by atoms with E-state index in [1.165, 1.54) is 47.4 Å². The van der Waals surface area contributed by atoms with Crippen LogP contribution in [0, 0.1) is 0 Å². The number of likely N-dealkylation sites (N-methyl/N-ethyl adjacent to an activating group) is 1. The molecule has 3 aromatic rings. The minimum atomic E-state index is -1.75. The molecule has 12 atom stereocenters. The van der Waals surface area contributed by atoms with Crippen molar-refractivity contribution < 1.29 is 126 Å². The number of carboxylic acid groups (broad SMARTS) is 4. The SMILES string of the molecule is CC(=O)N[C@H]1CCSSC[C@@H](C(=O)N2CCC[C@H]2C(=O)N2CCC[C@H]2C(C)=O)NC(=O)[C@H](Cc2c[nH]c3ccccc23)NC(=O)[C@H](CCCN=C(N)N)NC(=O)[C@@H](Cc2ccccc2)NC(=O)[C@H](CC2=CCC=N2)NC1=O.CN[C@@H](CCCCN)C(=O)N[C@@H](CC(=O)O)C(=O)N[C@@H](CNC(=O)CN(CC(=O)O)CC(=O)O)C(=O)N[C@@H](CCCCNC(=O)COCCOCCNC(=O)CCCCCCCCCCCCC(=O)O)C(N)=O. The molecular formula is C99H151N23O26S2. The second kappa shape index (κ2) is 69.9. The number of H-pyrrole nitrogens is 1. The van der Waals surface area contributed by atoms with Crippen LogP contribution in [0.5, 0.6) is 0 Å². The average Bonchev–Trinajstić information content (AvgIpc) is 1.66. The smallest absolute Gasteiger partial charge is 0.317 e. The van der Waals surface area contributed by atoms with Gasteiger partial charge < -0.3 is 137 Å². The summed E-state index contributed by atoms with van der Waals surface area (Å²) in [7, 11) is 3.99. The first kappa shape index (κ1) is 125. The van der Waals surface area contributed by atoms with Crippen LogP contribution in [0.4, 0.5) is 0 Å². The molecule has 0 aliphatic carbocycles. The van der Waals surface area contributed by atoms with Crippen molar-refractivity contribution in [2.75, 3.05) is 110 Å². The molecule has 0 bridgehead atoms. The number of nitrogens with zero attached hydrogens (tertiary/aromatic N) is 5. The highest BCUT2D eigenvalue weighted by Gasteiger charge is 2.45. The second-order valence-electron chi connectivity index (χ2n) is 36.9. The largest absolute Gasteiger partial charge is 0.481 e. The molecule has 0 unspecified atom stereocenters. The highest BCUT2D eigenvalue weighted by atomic mass is 33.1. The number of benzene rings is 2. The van der Waals surface area contributed by atoms with Crippen molar-refractivity contribution in [2.45, 2.75) is 279 Å². The maximum Gasteiger partial charge on any atom is 0.317 e. The molecule has 830 valence electrons. The summed E-state index contributed by atoms with van der Waals surface area (Å²) in [6, 6.07) is 1.55. The number of unbranched alkanes of at least 4 members (excludes halogenated alkanes) is 11. The number of aliphatic imine (C=N–C) groups is 2. The van der Waals surface area contributed by atoms with Crippen molar-refractivity contribution in [1.82, 2.24) is 88.8 Å². The predicted molar refractivity (Wildman–Crippen MR) is 557 cm³/mol. The Morgan fingerprint density at radius 1 is 0.540 bits per heavy atom. The number of hydrogen-bond acceptors (Lipinski definition) is 29. The highest BCUT2D eigenvalue weighted by molar-refractivity contribution is 8.76. The van der Waals surface area contributed by atoms with Gasteiger partial charge in [0.25, 0.3) is 0 Å². The van der Waals surface area contributed by atoms with Crippen molar-refractivity contribution >= 4 is 163 Å². The van der Waals surface area contributed by atoms with E-state index in [0.29, 0.717) is 101 Å². The number of hydrogen-bond donors (Lipinski definition) is 22. The van der Waals surface area contributed by atoms with E-state index in [-0.39, 0.29) is 139 Å². The number of para-hydroxylation sites is 1. The van der Waals surface area contributed by atoms with Gasteiger partial charge in [-0.15, -0.1) is 0 Å². The molecule has 3 fully saturated rings. The summed E-state index contributed by atoms with van der Waals surface area (Å²) in [5.74, 6) is -15.6. The summed E-state index contributed by atoms with van der Waals surface area (Å²) in [6.45, 7) is 1.39. The molecular weight excluding hydrogens is 1990 g/mol. The number of aliphatic carboxylic acids is 4. The molecule has 26 N–H and O–H groups in total. The molecule has 49 nitrogen and oxygen atoms in total. The third-order valence-electron chi connectivity index (χ3n) is 24.9. The first-order valence-electron chi connectivity index (χ1n) is 51.0. The van der Waals surface area contributed by atoms with E-state index in [1.807, 2.05) is 24.3 Å². The molecule has 0 saturated carbocycles. The molecule has 1 aromatic heterocycles. The lowest BCUT2D eigenvalue weighted by Crippen LogP contribution is -2.61. The summed E-state index contributed by atoms with van der Waals surface area (Å²) in [4.78, 5) is 278. The number of nitrogens with one attached hydrogen (secondary N) is 14. The lowest BCUT2D eigenvalue weighted by atomic mass is 10.0. The number of allylic oxidation sites excluding steroid dienone is 1. The summed E-state index contributed by atoms with van der Waals surface area (Å²) < 4.78 is 10.8. The lowest BCUT2D eigenvalue weighted by molar-refractivity contribution is -0.147. The number of Topliss-reactive ketones (excluding diaryl/α,β-unsaturated/α-hetero) is 1. The molecule has 0 radical (unpaired) electrons. The number of nitrogens with two attached hydrogens (primary N) is 4. The van der Waals surface area contributed by atoms with Crippen LogP contribution in [0.1, 0.15) is 205 Å². The summed E-state index contributed by atoms with van der Waals surface area (Å²) >= 11 is 0. The number of guanidine groups is 1. The van der Waals surface area contributed by atoms with Crippen LogP contribution in [0.15, 0.2) is 82.6 Å². The van der Waals surface area contributed by atoms with Gasteiger partial charge in [-0.05, 0) is 128 Å². The van der Waals surface area contributed by atoms with Gasteiger partial charge in [0, 0.05) is 125 Å². The van der Waals surface area contributed by atoms with Gasteiger partial charge in [-0.25, -0.2) is 0 Å². The molecule has 150 heavy (non-hydrogen) atoms. The Labute approximate surface area is 879 Å². The van der Waals surface area contributed by atoms with Crippen molar-refractivity contribution in [3.63, 3.8) is 0 Å². The number of carbonyl (C=O) groups excluding carboxylic acids is 16. The lowest BCUT2D eigenvalue weighted by Gasteiger charge is -2.33. The Morgan fingerprint density at radius 2 is 1.11 bits per heavy atom.